The van der Waals surface area contributed by atoms with Gasteiger partial charge in [0.1, 0.15) is 5.01 Å². The monoisotopic (exact) mass is 374 g/mol. The van der Waals surface area contributed by atoms with Crippen LogP contribution >= 0.6 is 11.3 Å². The van der Waals surface area contributed by atoms with Crippen LogP contribution in [0.15, 0.2) is 65.0 Å². The number of thiazole rings is 1. The molecule has 3 aromatic rings. The van der Waals surface area contributed by atoms with Gasteiger partial charge in [0.2, 0.25) is 0 Å². The number of hydrogen-bond acceptors (Lipinski definition) is 6. The number of nitrogens with zero attached hydrogens (tertiary/aromatic N) is 1. The molecule has 0 atom stereocenters. The molecule has 0 fully saturated rings. The second-order valence-electron chi connectivity index (χ2n) is 5.04. The summed E-state index contributed by atoms with van der Waals surface area (Å²) in [6, 6.07) is 12.5. The molecule has 0 aliphatic rings. The van der Waals surface area contributed by atoms with Crippen LogP contribution in [-0.2, 0) is 14.8 Å². The third kappa shape index (κ3) is 3.86. The molecule has 0 spiro atoms. The molecule has 0 aliphatic carbocycles. The summed E-state index contributed by atoms with van der Waals surface area (Å²) in [5.74, 6) is -0.520. The summed E-state index contributed by atoms with van der Waals surface area (Å²) in [4.78, 5) is 15.7. The number of anilines is 1. The zero-order valence-corrected chi connectivity index (χ0v) is 14.8. The standard InChI is InChI=1S/C17H14N2O4S2/c1-23-17(20)12-5-7-15(8-6-12)25(21,22)19-14-4-2-3-13(11-14)16-18-9-10-24-16/h2-11,19H,1H3. The number of rotatable bonds is 5. The Labute approximate surface area is 149 Å². The van der Waals surface area contributed by atoms with Crippen LogP contribution in [-0.4, -0.2) is 26.5 Å². The third-order valence-electron chi connectivity index (χ3n) is 3.38. The lowest BCUT2D eigenvalue weighted by Crippen LogP contribution is -2.13. The molecule has 0 saturated heterocycles. The van der Waals surface area contributed by atoms with Gasteiger partial charge >= 0.3 is 5.97 Å². The highest BCUT2D eigenvalue weighted by molar-refractivity contribution is 7.92. The summed E-state index contributed by atoms with van der Waals surface area (Å²) < 4.78 is 32.1. The van der Waals surface area contributed by atoms with E-state index in [1.807, 2.05) is 11.4 Å². The number of ether oxygens (including phenoxy) is 1. The molecule has 1 heterocycles. The minimum Gasteiger partial charge on any atom is -0.465 e. The Bertz CT molecular complexity index is 982. The fourth-order valence-corrected chi connectivity index (χ4v) is 3.87. The summed E-state index contributed by atoms with van der Waals surface area (Å²) >= 11 is 1.47. The number of hydrogen-bond donors (Lipinski definition) is 1. The summed E-state index contributed by atoms with van der Waals surface area (Å²) in [5, 5.41) is 2.66. The van der Waals surface area contributed by atoms with Crippen LogP contribution in [0.5, 0.6) is 0 Å². The van der Waals surface area contributed by atoms with Crippen molar-refractivity contribution in [1.82, 2.24) is 4.98 Å². The van der Waals surface area contributed by atoms with Gasteiger partial charge in [-0.3, -0.25) is 4.72 Å². The van der Waals surface area contributed by atoms with Gasteiger partial charge in [0.15, 0.2) is 0 Å². The maximum Gasteiger partial charge on any atom is 0.337 e. The second kappa shape index (κ2) is 7.04. The van der Waals surface area contributed by atoms with E-state index in [2.05, 4.69) is 14.4 Å². The molecule has 128 valence electrons. The second-order valence-corrected chi connectivity index (χ2v) is 7.62. The average Bonchev–Trinajstić information content (AvgIpc) is 3.16. The molecule has 2 aromatic carbocycles. The van der Waals surface area contributed by atoms with Crippen LogP contribution in [0, 0.1) is 0 Å². The van der Waals surface area contributed by atoms with E-state index >= 15 is 0 Å². The first kappa shape index (κ1) is 17.1. The molecule has 1 N–H and O–H groups in total. The number of nitrogens with one attached hydrogen (secondary N) is 1. The van der Waals surface area contributed by atoms with Gasteiger partial charge in [0.05, 0.1) is 17.6 Å². The quantitative estimate of drug-likeness (QED) is 0.692. The van der Waals surface area contributed by atoms with Crippen molar-refractivity contribution in [1.29, 1.82) is 0 Å². The fourth-order valence-electron chi connectivity index (χ4n) is 2.18. The lowest BCUT2D eigenvalue weighted by molar-refractivity contribution is 0.0600. The van der Waals surface area contributed by atoms with Gasteiger partial charge < -0.3 is 4.74 Å². The molecule has 0 amide bonds. The number of methoxy groups -OCH3 is 1. The molecule has 8 heteroatoms. The van der Waals surface area contributed by atoms with Crippen molar-refractivity contribution in [3.05, 3.63) is 65.7 Å². The average molecular weight is 374 g/mol. The first-order valence-corrected chi connectivity index (χ1v) is 9.57. The molecule has 25 heavy (non-hydrogen) atoms. The number of carbonyl (C=O) groups is 1. The molecule has 0 aliphatic heterocycles. The van der Waals surface area contributed by atoms with Gasteiger partial charge in [-0.15, -0.1) is 11.3 Å². The van der Waals surface area contributed by atoms with E-state index < -0.39 is 16.0 Å². The van der Waals surface area contributed by atoms with Gasteiger partial charge in [0, 0.05) is 22.8 Å². The Morgan fingerprint density at radius 1 is 1.16 bits per heavy atom. The molecule has 0 saturated carbocycles. The Kier molecular flexibility index (Phi) is 4.82. The summed E-state index contributed by atoms with van der Waals surface area (Å²) in [6.07, 6.45) is 1.69. The first-order valence-electron chi connectivity index (χ1n) is 7.21. The number of carbonyl (C=O) groups excluding carboxylic acids is 1. The van der Waals surface area contributed by atoms with E-state index in [0.717, 1.165) is 10.6 Å². The van der Waals surface area contributed by atoms with Gasteiger partial charge in [-0.2, -0.15) is 0 Å². The molecule has 0 radical (unpaired) electrons. The van der Waals surface area contributed by atoms with Crippen LogP contribution in [0.2, 0.25) is 0 Å². The minimum atomic E-state index is -3.77. The Morgan fingerprint density at radius 2 is 1.92 bits per heavy atom. The highest BCUT2D eigenvalue weighted by Crippen LogP contribution is 2.25. The van der Waals surface area contributed by atoms with E-state index in [9.17, 15) is 13.2 Å². The lowest BCUT2D eigenvalue weighted by atomic mass is 10.2. The predicted molar refractivity (Wildman–Crippen MR) is 96.1 cm³/mol. The molecule has 6 nitrogen and oxygen atoms in total. The van der Waals surface area contributed by atoms with Gasteiger partial charge in [-0.25, -0.2) is 18.2 Å². The van der Waals surface area contributed by atoms with Crippen molar-refractivity contribution in [2.75, 3.05) is 11.8 Å². The van der Waals surface area contributed by atoms with Crippen molar-refractivity contribution >= 4 is 33.0 Å². The van der Waals surface area contributed by atoms with E-state index in [4.69, 9.17) is 0 Å². The molecule has 3 rings (SSSR count). The molecule has 0 bridgehead atoms. The van der Waals surface area contributed by atoms with E-state index in [1.165, 1.54) is 42.7 Å². The lowest BCUT2D eigenvalue weighted by Gasteiger charge is -2.09. The normalized spacial score (nSPS) is 11.1. The number of sulfonamides is 1. The van der Waals surface area contributed by atoms with E-state index in [-0.39, 0.29) is 10.5 Å². The zero-order valence-electron chi connectivity index (χ0n) is 13.2. The summed E-state index contributed by atoms with van der Waals surface area (Å²) in [7, 11) is -2.50. The van der Waals surface area contributed by atoms with Crippen LogP contribution < -0.4 is 4.72 Å². The molecular weight excluding hydrogens is 360 g/mol. The smallest absolute Gasteiger partial charge is 0.337 e. The first-order chi connectivity index (χ1) is 12.0. The molecule has 0 unspecified atom stereocenters. The van der Waals surface area contributed by atoms with Crippen molar-refractivity contribution in [2.24, 2.45) is 0 Å². The van der Waals surface area contributed by atoms with Gasteiger partial charge in [0.25, 0.3) is 10.0 Å². The zero-order chi connectivity index (χ0) is 17.9. The maximum absolute atomic E-state index is 12.5. The highest BCUT2D eigenvalue weighted by atomic mass is 32.2. The Balaban J connectivity index is 1.84. The van der Waals surface area contributed by atoms with Crippen molar-refractivity contribution in [3.8, 4) is 10.6 Å². The van der Waals surface area contributed by atoms with Crippen LogP contribution in [0.25, 0.3) is 10.6 Å². The maximum atomic E-state index is 12.5. The van der Waals surface area contributed by atoms with Crippen LogP contribution in [0.3, 0.4) is 0 Å². The highest BCUT2D eigenvalue weighted by Gasteiger charge is 2.16. The van der Waals surface area contributed by atoms with Crippen molar-refractivity contribution in [2.45, 2.75) is 4.90 Å². The predicted octanol–water partition coefficient (Wildman–Crippen LogP) is 3.40. The number of esters is 1. The van der Waals surface area contributed by atoms with Gasteiger partial charge in [-0.05, 0) is 36.4 Å². The minimum absolute atomic E-state index is 0.0554. The molecule has 1 aromatic heterocycles. The number of aromatic nitrogens is 1. The topological polar surface area (TPSA) is 85.4 Å². The third-order valence-corrected chi connectivity index (χ3v) is 5.60. The van der Waals surface area contributed by atoms with E-state index in [1.54, 1.807) is 24.4 Å². The SMILES string of the molecule is COC(=O)c1ccc(S(=O)(=O)Nc2cccc(-c3nccs3)c2)cc1. The van der Waals surface area contributed by atoms with Crippen molar-refractivity contribution in [3.63, 3.8) is 0 Å². The summed E-state index contributed by atoms with van der Waals surface area (Å²) in [5.41, 5.74) is 1.55. The largest absolute Gasteiger partial charge is 0.465 e. The number of benzene rings is 2. The summed E-state index contributed by atoms with van der Waals surface area (Å²) in [6.45, 7) is 0. The van der Waals surface area contributed by atoms with Crippen LogP contribution in [0.4, 0.5) is 5.69 Å². The van der Waals surface area contributed by atoms with Crippen LogP contribution in [0.1, 0.15) is 10.4 Å². The van der Waals surface area contributed by atoms with Crippen molar-refractivity contribution < 1.29 is 17.9 Å². The molecular formula is C17H14N2O4S2. The Morgan fingerprint density at radius 3 is 2.56 bits per heavy atom. The fraction of sp³-hybridized carbons (Fsp3) is 0.0588. The van der Waals surface area contributed by atoms with Gasteiger partial charge in [-0.1, -0.05) is 12.1 Å². The Hall–Kier alpha value is -2.71. The van der Waals surface area contributed by atoms with E-state index in [0.29, 0.717) is 5.69 Å².